The lowest BCUT2D eigenvalue weighted by atomic mass is 10.00. The lowest BCUT2D eigenvalue weighted by Crippen LogP contribution is -2.31. The molecule has 3 aromatic rings. The van der Waals surface area contributed by atoms with Crippen LogP contribution in [0.5, 0.6) is 5.75 Å². The molecule has 1 amide bonds. The Labute approximate surface area is 197 Å². The summed E-state index contributed by atoms with van der Waals surface area (Å²) < 4.78 is 13.1. The smallest absolute Gasteiger partial charge is 0.409 e. The van der Waals surface area contributed by atoms with Gasteiger partial charge in [-0.1, -0.05) is 23.7 Å². The van der Waals surface area contributed by atoms with E-state index in [0.717, 1.165) is 16.8 Å². The lowest BCUT2D eigenvalue weighted by Gasteiger charge is -2.16. The topological polar surface area (TPSA) is 90.6 Å². The molecule has 1 atom stereocenters. The van der Waals surface area contributed by atoms with Gasteiger partial charge in [-0.05, 0) is 65.0 Å². The maximum Gasteiger partial charge on any atom is 0.409 e. The van der Waals surface area contributed by atoms with Crippen molar-refractivity contribution in [3.8, 4) is 11.4 Å². The van der Waals surface area contributed by atoms with Crippen molar-refractivity contribution in [2.45, 2.75) is 53.0 Å². The minimum absolute atomic E-state index is 0.0113. The van der Waals surface area contributed by atoms with E-state index in [4.69, 9.17) is 26.1 Å². The highest BCUT2D eigenvalue weighted by Crippen LogP contribution is 2.32. The zero-order valence-electron chi connectivity index (χ0n) is 19.2. The Morgan fingerprint density at radius 3 is 2.45 bits per heavy atom. The number of alkyl carbamates (subject to hydrolysis) is 1. The number of nitrogens with zero attached hydrogens (tertiary/aromatic N) is 4. The summed E-state index contributed by atoms with van der Waals surface area (Å²) in [5.41, 5.74) is 3.15. The van der Waals surface area contributed by atoms with Crippen molar-refractivity contribution >= 4 is 23.4 Å². The van der Waals surface area contributed by atoms with Crippen LogP contribution in [-0.2, 0) is 4.74 Å². The monoisotopic (exact) mass is 467 g/mol. The predicted molar refractivity (Wildman–Crippen MR) is 126 cm³/mol. The van der Waals surface area contributed by atoms with E-state index in [2.05, 4.69) is 15.5 Å². The fraction of sp³-hybridized carbons (Fsp3) is 0.333. The van der Waals surface area contributed by atoms with Gasteiger partial charge in [0.2, 0.25) is 0 Å². The number of aryl methyl sites for hydroxylation is 1. The van der Waals surface area contributed by atoms with Gasteiger partial charge in [0, 0.05) is 16.1 Å². The third kappa shape index (κ3) is 4.85. The molecule has 0 aliphatic carbocycles. The number of halogens is 1. The fourth-order valence-corrected chi connectivity index (χ4v) is 3.78. The molecular formula is C24H26ClN5O3. The van der Waals surface area contributed by atoms with Crippen LogP contribution in [-0.4, -0.2) is 38.8 Å². The number of amides is 1. The van der Waals surface area contributed by atoms with Crippen molar-refractivity contribution in [3.63, 3.8) is 0 Å². The van der Waals surface area contributed by atoms with E-state index in [-0.39, 0.29) is 12.2 Å². The van der Waals surface area contributed by atoms with Gasteiger partial charge in [-0.3, -0.25) is 14.9 Å². The van der Waals surface area contributed by atoms with Crippen molar-refractivity contribution in [2.75, 3.05) is 0 Å². The third-order valence-electron chi connectivity index (χ3n) is 4.90. The van der Waals surface area contributed by atoms with Gasteiger partial charge in [0.05, 0.1) is 23.6 Å². The molecule has 9 heteroatoms. The van der Waals surface area contributed by atoms with Crippen molar-refractivity contribution in [1.82, 2.24) is 20.1 Å². The molecule has 2 aromatic carbocycles. The number of benzene rings is 2. The Morgan fingerprint density at radius 2 is 1.79 bits per heavy atom. The quantitative estimate of drug-likeness (QED) is 0.570. The van der Waals surface area contributed by atoms with Crippen molar-refractivity contribution < 1.29 is 14.3 Å². The van der Waals surface area contributed by atoms with Gasteiger partial charge in [-0.15, -0.1) is 10.2 Å². The standard InChI is InChI=1S/C24H26ClN5O3/c1-13(2)32-18-10-11-20-19(12-18)21(16-6-8-17(25)9-7-16)26-22(27-24(31)33-14(3)4)23-29-28-15(5)30(20)23/h6-14,22H,1-5H3,(H,27,31)/t22-/m0/s1. The summed E-state index contributed by atoms with van der Waals surface area (Å²) in [5, 5.41) is 12.0. The predicted octanol–water partition coefficient (Wildman–Crippen LogP) is 5.00. The van der Waals surface area contributed by atoms with Gasteiger partial charge < -0.3 is 9.47 Å². The SMILES string of the molecule is Cc1nnc2n1-c1ccc(OC(C)C)cc1C(c1ccc(Cl)cc1)=N[C@H]2NC(=O)OC(C)C. The van der Waals surface area contributed by atoms with Crippen LogP contribution in [0, 0.1) is 6.92 Å². The van der Waals surface area contributed by atoms with Crippen LogP contribution in [0.4, 0.5) is 4.79 Å². The summed E-state index contributed by atoms with van der Waals surface area (Å²) in [5.74, 6) is 1.86. The lowest BCUT2D eigenvalue weighted by molar-refractivity contribution is 0.112. The first-order valence-electron chi connectivity index (χ1n) is 10.8. The summed E-state index contributed by atoms with van der Waals surface area (Å²) in [6.45, 7) is 9.38. The maximum absolute atomic E-state index is 12.5. The van der Waals surface area contributed by atoms with Crippen molar-refractivity contribution in [1.29, 1.82) is 0 Å². The van der Waals surface area contributed by atoms with Gasteiger partial charge >= 0.3 is 6.09 Å². The zero-order chi connectivity index (χ0) is 23.7. The molecule has 0 spiro atoms. The molecule has 0 radical (unpaired) electrons. The molecule has 0 saturated carbocycles. The number of carbonyl (C=O) groups excluding carboxylic acids is 1. The summed E-state index contributed by atoms with van der Waals surface area (Å²) in [6.07, 6.45) is -1.67. The summed E-state index contributed by atoms with van der Waals surface area (Å²) in [7, 11) is 0. The van der Waals surface area contributed by atoms with Crippen molar-refractivity contribution in [2.24, 2.45) is 4.99 Å². The van der Waals surface area contributed by atoms with E-state index >= 15 is 0 Å². The van der Waals surface area contributed by atoms with Gasteiger partial charge in [0.15, 0.2) is 12.0 Å². The zero-order valence-corrected chi connectivity index (χ0v) is 19.9. The van der Waals surface area contributed by atoms with E-state index in [1.54, 1.807) is 26.0 Å². The molecule has 0 unspecified atom stereocenters. The Kier molecular flexibility index (Phi) is 6.37. The van der Waals surface area contributed by atoms with Crippen LogP contribution in [0.25, 0.3) is 5.69 Å². The molecule has 8 nitrogen and oxygen atoms in total. The molecule has 1 aliphatic heterocycles. The van der Waals surface area contributed by atoms with Crippen LogP contribution in [0.1, 0.15) is 56.6 Å². The molecule has 1 aliphatic rings. The van der Waals surface area contributed by atoms with Gasteiger partial charge in [-0.25, -0.2) is 4.79 Å². The first kappa shape index (κ1) is 22.8. The maximum atomic E-state index is 12.5. The first-order valence-corrected chi connectivity index (χ1v) is 11.1. The minimum atomic E-state index is -0.815. The fourth-order valence-electron chi connectivity index (χ4n) is 3.65. The average Bonchev–Trinajstić information content (AvgIpc) is 3.06. The van der Waals surface area contributed by atoms with Gasteiger partial charge in [0.1, 0.15) is 11.6 Å². The molecule has 0 fully saturated rings. The summed E-state index contributed by atoms with van der Waals surface area (Å²) >= 11 is 6.13. The molecular weight excluding hydrogens is 442 g/mol. The van der Waals surface area contributed by atoms with Crippen LogP contribution in [0.2, 0.25) is 5.02 Å². The van der Waals surface area contributed by atoms with Crippen LogP contribution in [0.15, 0.2) is 47.5 Å². The van der Waals surface area contributed by atoms with E-state index in [1.165, 1.54) is 0 Å². The molecule has 0 saturated heterocycles. The number of fused-ring (bicyclic) bond motifs is 3. The minimum Gasteiger partial charge on any atom is -0.491 e. The van der Waals surface area contributed by atoms with E-state index < -0.39 is 12.3 Å². The van der Waals surface area contributed by atoms with Gasteiger partial charge in [0.25, 0.3) is 0 Å². The molecule has 0 bridgehead atoms. The Morgan fingerprint density at radius 1 is 1.06 bits per heavy atom. The molecule has 1 N–H and O–H groups in total. The van der Waals surface area contributed by atoms with Crippen LogP contribution in [0.3, 0.4) is 0 Å². The summed E-state index contributed by atoms with van der Waals surface area (Å²) in [4.78, 5) is 17.4. The molecule has 2 heterocycles. The number of aliphatic imine (C=N–C) groups is 1. The number of carbonyl (C=O) groups is 1. The first-order chi connectivity index (χ1) is 15.7. The third-order valence-corrected chi connectivity index (χ3v) is 5.16. The molecule has 4 rings (SSSR count). The highest BCUT2D eigenvalue weighted by molar-refractivity contribution is 6.30. The molecule has 1 aromatic heterocycles. The number of aromatic nitrogens is 3. The largest absolute Gasteiger partial charge is 0.491 e. The van der Waals surface area contributed by atoms with Crippen LogP contribution >= 0.6 is 11.6 Å². The highest BCUT2D eigenvalue weighted by atomic mass is 35.5. The second kappa shape index (κ2) is 9.23. The van der Waals surface area contributed by atoms with Gasteiger partial charge in [-0.2, -0.15) is 0 Å². The Balaban J connectivity index is 1.92. The normalized spacial score (nSPS) is 14.9. The van der Waals surface area contributed by atoms with E-state index in [9.17, 15) is 4.79 Å². The number of hydrogen-bond acceptors (Lipinski definition) is 6. The van der Waals surface area contributed by atoms with Crippen LogP contribution < -0.4 is 10.1 Å². The Hall–Kier alpha value is -3.39. The van der Waals surface area contributed by atoms with E-state index in [0.29, 0.717) is 28.1 Å². The Bertz CT molecular complexity index is 1200. The number of rotatable bonds is 5. The molecule has 172 valence electrons. The average molecular weight is 468 g/mol. The van der Waals surface area contributed by atoms with E-state index in [1.807, 2.05) is 55.7 Å². The summed E-state index contributed by atoms with van der Waals surface area (Å²) in [6, 6.07) is 13.2. The number of nitrogens with one attached hydrogen (secondary N) is 1. The number of hydrogen-bond donors (Lipinski definition) is 1. The highest BCUT2D eigenvalue weighted by Gasteiger charge is 2.30. The second-order valence-corrected chi connectivity index (χ2v) is 8.71. The van der Waals surface area contributed by atoms with Crippen molar-refractivity contribution in [3.05, 3.63) is 70.3 Å². The second-order valence-electron chi connectivity index (χ2n) is 8.27. The molecule has 33 heavy (non-hydrogen) atoms. The number of ether oxygens (including phenoxy) is 2.